The van der Waals surface area contributed by atoms with Crippen molar-refractivity contribution in [2.45, 2.75) is 13.8 Å². The van der Waals surface area contributed by atoms with Gasteiger partial charge in [0.15, 0.2) is 0 Å². The van der Waals surface area contributed by atoms with Crippen molar-refractivity contribution >= 4 is 38.5 Å². The Balaban J connectivity index is 2.76. The molecule has 1 heterocycles. The minimum absolute atomic E-state index is 0.304. The number of halogens is 1. The largest absolute Gasteiger partial charge is 0.462 e. The molecule has 0 unspecified atom stereocenters. The smallest absolute Gasteiger partial charge is 0.341 e. The SMILES string of the molecule is CCOC(=O)c1cnc2c(Br)ccc(C)c2c1NN. The Morgan fingerprint density at radius 3 is 2.89 bits per heavy atom. The number of nitrogen functional groups attached to an aromatic ring is 1. The average Bonchev–Trinajstić information content (AvgIpc) is 2.41. The summed E-state index contributed by atoms with van der Waals surface area (Å²) in [5.41, 5.74) is 5.17. The monoisotopic (exact) mass is 323 g/mol. The predicted molar refractivity (Wildman–Crippen MR) is 77.9 cm³/mol. The molecule has 0 saturated heterocycles. The van der Waals surface area contributed by atoms with Gasteiger partial charge < -0.3 is 10.2 Å². The lowest BCUT2D eigenvalue weighted by atomic mass is 10.0. The maximum Gasteiger partial charge on any atom is 0.341 e. The molecule has 100 valence electrons. The highest BCUT2D eigenvalue weighted by atomic mass is 79.9. The van der Waals surface area contributed by atoms with Crippen LogP contribution in [0.15, 0.2) is 22.8 Å². The molecule has 0 radical (unpaired) electrons. The van der Waals surface area contributed by atoms with Gasteiger partial charge in [0.1, 0.15) is 5.56 Å². The Morgan fingerprint density at radius 2 is 2.26 bits per heavy atom. The van der Waals surface area contributed by atoms with Crippen LogP contribution in [-0.2, 0) is 4.74 Å². The van der Waals surface area contributed by atoms with E-state index in [1.54, 1.807) is 6.92 Å². The molecule has 19 heavy (non-hydrogen) atoms. The summed E-state index contributed by atoms with van der Waals surface area (Å²) in [5, 5.41) is 0.808. The lowest BCUT2D eigenvalue weighted by molar-refractivity contribution is 0.0527. The highest BCUT2D eigenvalue weighted by molar-refractivity contribution is 9.10. The molecule has 3 N–H and O–H groups in total. The zero-order valence-corrected chi connectivity index (χ0v) is 12.2. The van der Waals surface area contributed by atoms with Crippen LogP contribution in [0.4, 0.5) is 5.69 Å². The number of benzene rings is 1. The fourth-order valence-corrected chi connectivity index (χ4v) is 2.38. The van der Waals surface area contributed by atoms with E-state index in [4.69, 9.17) is 10.6 Å². The number of hydrogen-bond acceptors (Lipinski definition) is 5. The van der Waals surface area contributed by atoms with Crippen LogP contribution in [0.1, 0.15) is 22.8 Å². The molecule has 2 aromatic rings. The number of ether oxygens (including phenoxy) is 1. The highest BCUT2D eigenvalue weighted by Crippen LogP contribution is 2.32. The minimum Gasteiger partial charge on any atom is -0.462 e. The van der Waals surface area contributed by atoms with Gasteiger partial charge in [0, 0.05) is 16.1 Å². The van der Waals surface area contributed by atoms with E-state index in [1.807, 2.05) is 19.1 Å². The number of aryl methyl sites for hydroxylation is 1. The fourth-order valence-electron chi connectivity index (χ4n) is 1.95. The van der Waals surface area contributed by atoms with E-state index in [1.165, 1.54) is 6.20 Å². The molecule has 0 aliphatic rings. The van der Waals surface area contributed by atoms with Crippen LogP contribution in [0.25, 0.3) is 10.9 Å². The Labute approximate surface area is 119 Å². The number of anilines is 1. The molecule has 0 bridgehead atoms. The summed E-state index contributed by atoms with van der Waals surface area (Å²) >= 11 is 3.44. The summed E-state index contributed by atoms with van der Waals surface area (Å²) in [6, 6.07) is 3.85. The van der Waals surface area contributed by atoms with Gasteiger partial charge in [-0.25, -0.2) is 4.79 Å². The highest BCUT2D eigenvalue weighted by Gasteiger charge is 2.18. The summed E-state index contributed by atoms with van der Waals surface area (Å²) in [6.45, 7) is 3.99. The number of esters is 1. The van der Waals surface area contributed by atoms with Crippen molar-refractivity contribution in [2.75, 3.05) is 12.0 Å². The lowest BCUT2D eigenvalue weighted by Crippen LogP contribution is -2.15. The lowest BCUT2D eigenvalue weighted by Gasteiger charge is -2.13. The van der Waals surface area contributed by atoms with Crippen LogP contribution < -0.4 is 11.3 Å². The first-order valence-corrected chi connectivity index (χ1v) is 6.61. The third-order valence-electron chi connectivity index (χ3n) is 2.82. The zero-order valence-electron chi connectivity index (χ0n) is 10.7. The number of aromatic nitrogens is 1. The average molecular weight is 324 g/mol. The first-order chi connectivity index (χ1) is 9.10. The van der Waals surface area contributed by atoms with Gasteiger partial charge in [0.25, 0.3) is 0 Å². The van der Waals surface area contributed by atoms with Crippen molar-refractivity contribution in [1.29, 1.82) is 0 Å². The number of nitrogens with one attached hydrogen (secondary N) is 1. The van der Waals surface area contributed by atoms with Gasteiger partial charge in [0.05, 0.1) is 17.8 Å². The number of pyridine rings is 1. The van der Waals surface area contributed by atoms with Gasteiger partial charge in [-0.15, -0.1) is 0 Å². The van der Waals surface area contributed by atoms with E-state index in [0.29, 0.717) is 17.9 Å². The molecule has 0 amide bonds. The Morgan fingerprint density at radius 1 is 1.53 bits per heavy atom. The third kappa shape index (κ3) is 2.41. The summed E-state index contributed by atoms with van der Waals surface area (Å²) in [7, 11) is 0. The van der Waals surface area contributed by atoms with Crippen LogP contribution in [0.5, 0.6) is 0 Å². The molecule has 1 aromatic carbocycles. The Kier molecular flexibility index (Phi) is 4.01. The first kappa shape index (κ1) is 13.8. The summed E-state index contributed by atoms with van der Waals surface area (Å²) < 4.78 is 5.85. The number of carbonyl (C=O) groups excluding carboxylic acids is 1. The predicted octanol–water partition coefficient (Wildman–Crippen LogP) is 2.77. The van der Waals surface area contributed by atoms with E-state index in [0.717, 1.165) is 20.9 Å². The zero-order chi connectivity index (χ0) is 14.0. The van der Waals surface area contributed by atoms with Crippen LogP contribution >= 0.6 is 15.9 Å². The quantitative estimate of drug-likeness (QED) is 0.516. The maximum absolute atomic E-state index is 11.9. The van der Waals surface area contributed by atoms with Crippen molar-refractivity contribution in [1.82, 2.24) is 4.98 Å². The van der Waals surface area contributed by atoms with Crippen molar-refractivity contribution in [3.05, 3.63) is 33.9 Å². The fraction of sp³-hybridized carbons (Fsp3) is 0.231. The number of hydrogen-bond donors (Lipinski definition) is 2. The summed E-state index contributed by atoms with van der Waals surface area (Å²) in [4.78, 5) is 16.2. The van der Waals surface area contributed by atoms with Gasteiger partial charge >= 0.3 is 5.97 Å². The van der Waals surface area contributed by atoms with Crippen molar-refractivity contribution in [2.24, 2.45) is 5.84 Å². The standard InChI is InChI=1S/C13H14BrN3O2/c1-3-19-13(18)8-6-16-12-9(14)5-4-7(2)10(12)11(8)17-15/h4-6H,3,15H2,1-2H3,(H,16,17). The van der Waals surface area contributed by atoms with E-state index < -0.39 is 5.97 Å². The maximum atomic E-state index is 11.9. The van der Waals surface area contributed by atoms with Crippen LogP contribution in [0.2, 0.25) is 0 Å². The van der Waals surface area contributed by atoms with Crippen molar-refractivity contribution in [3.8, 4) is 0 Å². The summed E-state index contributed by atoms with van der Waals surface area (Å²) in [6.07, 6.45) is 1.47. The molecular weight excluding hydrogens is 310 g/mol. The second kappa shape index (κ2) is 5.54. The molecule has 0 atom stereocenters. The first-order valence-electron chi connectivity index (χ1n) is 5.81. The van der Waals surface area contributed by atoms with Gasteiger partial charge in [-0.2, -0.15) is 0 Å². The van der Waals surface area contributed by atoms with E-state index in [9.17, 15) is 4.79 Å². The van der Waals surface area contributed by atoms with E-state index in [2.05, 4.69) is 26.3 Å². The van der Waals surface area contributed by atoms with E-state index in [-0.39, 0.29) is 0 Å². The third-order valence-corrected chi connectivity index (χ3v) is 3.46. The number of hydrazine groups is 1. The van der Waals surface area contributed by atoms with Gasteiger partial charge in [-0.3, -0.25) is 10.8 Å². The molecule has 0 spiro atoms. The van der Waals surface area contributed by atoms with E-state index >= 15 is 0 Å². The topological polar surface area (TPSA) is 77.2 Å². The summed E-state index contributed by atoms with van der Waals surface area (Å²) in [5.74, 6) is 5.13. The normalized spacial score (nSPS) is 10.5. The molecule has 1 aromatic heterocycles. The molecule has 0 aliphatic heterocycles. The molecule has 0 saturated carbocycles. The minimum atomic E-state index is -0.441. The molecule has 2 rings (SSSR count). The number of rotatable bonds is 3. The van der Waals surface area contributed by atoms with Crippen LogP contribution in [0.3, 0.4) is 0 Å². The van der Waals surface area contributed by atoms with Crippen LogP contribution in [-0.4, -0.2) is 17.6 Å². The molecular formula is C13H14BrN3O2. The molecule has 5 nitrogen and oxygen atoms in total. The van der Waals surface area contributed by atoms with Gasteiger partial charge in [-0.1, -0.05) is 6.07 Å². The number of carbonyl (C=O) groups is 1. The van der Waals surface area contributed by atoms with Gasteiger partial charge in [-0.05, 0) is 41.4 Å². The number of fused-ring (bicyclic) bond motifs is 1. The number of nitrogens with zero attached hydrogens (tertiary/aromatic N) is 1. The second-order valence-corrected chi connectivity index (χ2v) is 4.85. The molecule has 0 aliphatic carbocycles. The van der Waals surface area contributed by atoms with Crippen molar-refractivity contribution in [3.63, 3.8) is 0 Å². The Bertz CT molecular complexity index is 643. The molecule has 6 heteroatoms. The Hall–Kier alpha value is -1.66. The van der Waals surface area contributed by atoms with Gasteiger partial charge in [0.2, 0.25) is 0 Å². The number of nitrogens with two attached hydrogens (primary N) is 1. The second-order valence-electron chi connectivity index (χ2n) is 4.00. The molecule has 0 fully saturated rings. The van der Waals surface area contributed by atoms with Crippen LogP contribution in [0, 0.1) is 6.92 Å². The van der Waals surface area contributed by atoms with Crippen molar-refractivity contribution < 1.29 is 9.53 Å².